The van der Waals surface area contributed by atoms with Crippen LogP contribution >= 0.6 is 34.8 Å². The van der Waals surface area contributed by atoms with Crippen molar-refractivity contribution in [2.75, 3.05) is 107 Å². The van der Waals surface area contributed by atoms with E-state index in [1.165, 1.54) is 137 Å². The summed E-state index contributed by atoms with van der Waals surface area (Å²) in [5.74, 6) is 4.28. The minimum absolute atomic E-state index is 0.0152. The van der Waals surface area contributed by atoms with E-state index in [-0.39, 0.29) is 60.3 Å². The molecule has 112 heavy (non-hydrogen) atoms. The maximum absolute atomic E-state index is 13.6. The molecule has 3 aliphatic heterocycles. The van der Waals surface area contributed by atoms with Crippen LogP contribution in [0.1, 0.15) is 256 Å². The van der Waals surface area contributed by atoms with Gasteiger partial charge in [-0.1, -0.05) is 228 Å². The van der Waals surface area contributed by atoms with Gasteiger partial charge >= 0.3 is 30.3 Å². The third kappa shape index (κ3) is 34.8. The van der Waals surface area contributed by atoms with Crippen LogP contribution in [0, 0.1) is 47.3 Å². The van der Waals surface area contributed by atoms with Crippen LogP contribution in [0.2, 0.25) is 15.1 Å². The molecule has 0 spiro atoms. The van der Waals surface area contributed by atoms with Crippen LogP contribution in [0.4, 0.5) is 24.0 Å². The Hall–Kier alpha value is -5.36. The maximum Gasteiger partial charge on any atom is 0.406 e. The van der Waals surface area contributed by atoms with Gasteiger partial charge in [0.25, 0.3) is 0 Å². The van der Waals surface area contributed by atoms with Crippen LogP contribution in [0.3, 0.4) is 0 Å². The number of carbonyl (C=O) groups is 5. The number of halogens is 3. The molecule has 634 valence electrons. The van der Waals surface area contributed by atoms with Gasteiger partial charge in [-0.25, -0.2) is 24.0 Å². The van der Waals surface area contributed by atoms with E-state index in [9.17, 15) is 24.0 Å². The Morgan fingerprint density at radius 1 is 0.455 bits per heavy atom. The number of amides is 7. The molecule has 10 atom stereocenters. The van der Waals surface area contributed by atoms with Crippen molar-refractivity contribution in [1.29, 1.82) is 0 Å². The number of alkyl carbamates (subject to hydrolysis) is 3. The summed E-state index contributed by atoms with van der Waals surface area (Å²) >= 11 is 18.7. The van der Waals surface area contributed by atoms with Gasteiger partial charge < -0.3 is 81.2 Å². The molecule has 3 aromatic rings. The molecule has 3 saturated heterocycles. The summed E-state index contributed by atoms with van der Waals surface area (Å²) in [7, 11) is 6.02. The van der Waals surface area contributed by atoms with Crippen molar-refractivity contribution in [3.05, 3.63) is 105 Å². The molecule has 3 aromatic carbocycles. The first kappa shape index (κ1) is 95.5. The van der Waals surface area contributed by atoms with Crippen LogP contribution in [-0.2, 0) is 28.4 Å². The zero-order valence-corrected chi connectivity index (χ0v) is 71.9. The molecule has 3 heterocycles. The zero-order valence-electron chi connectivity index (χ0n) is 69.7. The van der Waals surface area contributed by atoms with E-state index in [4.69, 9.17) is 54.7 Å². The lowest BCUT2D eigenvalue weighted by Crippen LogP contribution is -2.55. The molecule has 0 unspecified atom stereocenters. The van der Waals surface area contributed by atoms with Gasteiger partial charge in [0.2, 0.25) is 0 Å². The predicted molar refractivity (Wildman–Crippen MR) is 453 cm³/mol. The molecular formula is C88H145Cl3N10O11. The number of rotatable bonds is 35. The second-order valence-corrected chi connectivity index (χ2v) is 33.4. The number of nitrogens with one attached hydrogen (secondary N) is 7. The highest BCUT2D eigenvalue weighted by molar-refractivity contribution is 6.31. The van der Waals surface area contributed by atoms with Gasteiger partial charge in [-0.3, -0.25) is 0 Å². The van der Waals surface area contributed by atoms with Crippen LogP contribution in [0.15, 0.2) is 72.8 Å². The number of piperidine rings is 3. The number of likely N-dealkylation sites (N-methyl/N-ethyl adjacent to an activating group) is 1. The van der Waals surface area contributed by atoms with Crippen molar-refractivity contribution in [2.45, 2.75) is 263 Å². The third-order valence-corrected chi connectivity index (χ3v) is 25.0. The quantitative estimate of drug-likeness (QED) is 0.0201. The number of benzene rings is 3. The summed E-state index contributed by atoms with van der Waals surface area (Å²) in [4.78, 5) is 65.1. The normalized spacial score (nSPS) is 20.4. The molecule has 0 radical (unpaired) electrons. The molecule has 3 saturated carbocycles. The van der Waals surface area contributed by atoms with Crippen molar-refractivity contribution in [1.82, 2.24) is 47.0 Å². The number of ether oxygens (including phenoxy) is 6. The third-order valence-electron chi connectivity index (χ3n) is 24.3. The molecule has 24 heteroatoms. The van der Waals surface area contributed by atoms with Gasteiger partial charge in [-0.05, 0) is 160 Å². The van der Waals surface area contributed by atoms with Gasteiger partial charge in [-0.15, -0.1) is 0 Å². The van der Waals surface area contributed by atoms with Gasteiger partial charge in [0.1, 0.15) is 0 Å². The first-order valence-corrected chi connectivity index (χ1v) is 44.3. The van der Waals surface area contributed by atoms with Gasteiger partial charge in [-0.2, -0.15) is 0 Å². The molecule has 6 aliphatic rings. The highest BCUT2D eigenvalue weighted by Gasteiger charge is 2.37. The van der Waals surface area contributed by atoms with Gasteiger partial charge in [0, 0.05) is 109 Å². The second kappa shape index (κ2) is 55.3. The summed E-state index contributed by atoms with van der Waals surface area (Å²) in [6.07, 6.45) is 33.5. The van der Waals surface area contributed by atoms with Gasteiger partial charge in [0.05, 0.1) is 59.5 Å². The van der Waals surface area contributed by atoms with E-state index in [2.05, 4.69) is 86.0 Å². The highest BCUT2D eigenvalue weighted by atomic mass is 35.5. The average molecular weight is 1630 g/mol. The molecule has 9 rings (SSSR count). The Kier molecular flexibility index (Phi) is 47.1. The maximum atomic E-state index is 13.6. The molecular weight excluding hydrogens is 1480 g/mol. The Bertz CT molecular complexity index is 2940. The topological polar surface area (TPSA) is 257 Å². The number of carbonyl (C=O) groups excluding carboxylic acids is 5. The molecule has 0 aromatic heterocycles. The van der Waals surface area contributed by atoms with Crippen LogP contribution in [0.25, 0.3) is 0 Å². The Morgan fingerprint density at radius 3 is 1.17 bits per heavy atom. The lowest BCUT2D eigenvalue weighted by Gasteiger charge is -2.39. The van der Waals surface area contributed by atoms with E-state index in [1.807, 2.05) is 89.6 Å². The molecule has 3 aliphatic carbocycles. The lowest BCUT2D eigenvalue weighted by molar-refractivity contribution is -0.00882. The van der Waals surface area contributed by atoms with Gasteiger partial charge in [0.15, 0.2) is 0 Å². The number of hydrogen-bond donors (Lipinski definition) is 8. The summed E-state index contributed by atoms with van der Waals surface area (Å²) in [5.41, 5.74) is 9.33. The zero-order chi connectivity index (χ0) is 80.8. The number of hydrogen-bond acceptors (Lipinski definition) is 14. The standard InChI is InChI=1S/C30H48ClN3O4.C29H47ClN4O4.C16H23ClN2O3.C13H27N/c1-4-23(5-2)27(19-22-11-7-6-8-12-22)33-29(35)34-17-10-14-25(21-34)28(24-13-9-15-26(31)20-24)38-18-16-32-30(36)37-3;1-4-25(31-2)26(18-21-10-6-5-7-11-21)33-28(35)34-16-9-13-23(20-34)27(22-12-8-14-24(30)19-22)38-17-15-32-29(36)37-3;1-21-16(20)19-8-9-22-15(13-5-3-7-18-11-13)12-4-2-6-14(17)10-12;1-3-12(4-2)13(14)10-11-8-6-5-7-9-11/h9,13,15,20,22-23,25,27-28H,4-8,10-12,14,16-19,21H2,1-3H3,(H,32,36)(H,33,35);8,12,14,19,21,23,25-27,31H,4-7,9-11,13,15-18,20H2,1-3H3,(H,32,36)(H,33,35);2,4,6,10,13,15,18H,3,5,7-9,11H2,1H3,(H,19,20);11-13H,3-10,14H2,1-2H3/t25-,27+,28+;23-,25-,26+,27+;13-,15+;13-/m1110/s1. The van der Waals surface area contributed by atoms with Crippen molar-refractivity contribution in [3.8, 4) is 0 Å². The van der Waals surface area contributed by atoms with E-state index >= 15 is 0 Å². The fourth-order valence-corrected chi connectivity index (χ4v) is 18.6. The molecule has 7 amide bonds. The average Bonchev–Trinajstić information content (AvgIpc) is 0.827. The molecule has 21 nitrogen and oxygen atoms in total. The molecule has 0 bridgehead atoms. The van der Waals surface area contributed by atoms with Crippen molar-refractivity contribution < 1.29 is 52.4 Å². The molecule has 9 N–H and O–H groups in total. The number of urea groups is 2. The van der Waals surface area contributed by atoms with Crippen LogP contribution in [0.5, 0.6) is 0 Å². The second-order valence-electron chi connectivity index (χ2n) is 32.0. The van der Waals surface area contributed by atoms with E-state index < -0.39 is 18.3 Å². The monoisotopic (exact) mass is 1620 g/mol. The van der Waals surface area contributed by atoms with Crippen molar-refractivity contribution in [2.24, 2.45) is 53.1 Å². The number of likely N-dealkylation sites (tertiary alicyclic amines) is 2. The minimum Gasteiger partial charge on any atom is -0.453 e. The smallest absolute Gasteiger partial charge is 0.406 e. The van der Waals surface area contributed by atoms with E-state index in [0.29, 0.717) is 91.4 Å². The first-order valence-electron chi connectivity index (χ1n) is 43.2. The predicted octanol–water partition coefficient (Wildman–Crippen LogP) is 18.9. The SMILES string of the molecule is CCC(CC)[C@@H](N)CC1CCCCC1.CCC(CC)[C@H](CC1CCCCC1)NC(=O)N1CCC[C@@H]([C@@H](OCCNC(=O)OC)c2cccc(Cl)c2)C1.CC[C@@H](NC)[C@H](CC1CCCCC1)NC(=O)N1CCC[C@@H]([C@@H](OCCNC(=O)OC)c2cccc(Cl)c2)C1.COC(=O)NCCO[C@@H](c1cccc(Cl)c1)[C@@H]1CCCNC1. The summed E-state index contributed by atoms with van der Waals surface area (Å²) in [5, 5.41) is 23.7. The lowest BCUT2D eigenvalue weighted by atomic mass is 9.80. The fraction of sp³-hybridized carbons (Fsp3) is 0.739. The largest absolute Gasteiger partial charge is 0.453 e. The summed E-state index contributed by atoms with van der Waals surface area (Å²) in [6.45, 7) is 18.2. The Morgan fingerprint density at radius 2 is 0.821 bits per heavy atom. The van der Waals surface area contributed by atoms with Crippen molar-refractivity contribution in [3.63, 3.8) is 0 Å². The van der Waals surface area contributed by atoms with Crippen LogP contribution in [-0.4, -0.2) is 171 Å². The Balaban J connectivity index is 0.000000247. The number of nitrogens with two attached hydrogens (primary N) is 1. The summed E-state index contributed by atoms with van der Waals surface area (Å²) in [6, 6.07) is 24.4. The number of nitrogens with zero attached hydrogens (tertiary/aromatic N) is 2. The van der Waals surface area contributed by atoms with E-state index in [1.54, 1.807) is 0 Å². The number of methoxy groups -OCH3 is 3. The van der Waals surface area contributed by atoms with Crippen molar-refractivity contribution >= 4 is 65.1 Å². The first-order chi connectivity index (χ1) is 54.4. The minimum atomic E-state index is -0.483. The fourth-order valence-electron chi connectivity index (χ4n) is 18.0. The highest BCUT2D eigenvalue weighted by Crippen LogP contribution is 2.39. The Labute approximate surface area is 688 Å². The van der Waals surface area contributed by atoms with Crippen LogP contribution < -0.4 is 43.0 Å². The summed E-state index contributed by atoms with van der Waals surface area (Å²) < 4.78 is 32.5. The molecule has 6 fully saturated rings. The van der Waals surface area contributed by atoms with E-state index in [0.717, 1.165) is 131 Å².